The summed E-state index contributed by atoms with van der Waals surface area (Å²) in [5, 5.41) is 3.21. The normalized spacial score (nSPS) is 15.7. The minimum atomic E-state index is -3.33. The number of sulfonamides is 1. The van der Waals surface area contributed by atoms with Crippen molar-refractivity contribution < 1.29 is 8.42 Å². The molecule has 2 heterocycles. The molecule has 1 aliphatic heterocycles. The van der Waals surface area contributed by atoms with Crippen LogP contribution in [0, 0.1) is 13.8 Å². The van der Waals surface area contributed by atoms with Gasteiger partial charge >= 0.3 is 0 Å². The number of rotatable bonds is 6. The molecule has 0 unspecified atom stereocenters. The Kier molecular flexibility index (Phi) is 5.96. The van der Waals surface area contributed by atoms with Gasteiger partial charge in [0.2, 0.25) is 16.0 Å². The monoisotopic (exact) mass is 389 g/mol. The Labute approximate surface area is 161 Å². The van der Waals surface area contributed by atoms with E-state index < -0.39 is 10.0 Å². The Bertz CT molecular complexity index is 875. The van der Waals surface area contributed by atoms with Gasteiger partial charge in [0.25, 0.3) is 0 Å². The Morgan fingerprint density at radius 1 is 1.04 bits per heavy atom. The van der Waals surface area contributed by atoms with E-state index in [1.54, 1.807) is 4.31 Å². The summed E-state index contributed by atoms with van der Waals surface area (Å²) in [6.07, 6.45) is 0. The van der Waals surface area contributed by atoms with E-state index in [2.05, 4.69) is 15.3 Å². The molecule has 27 heavy (non-hydrogen) atoms. The van der Waals surface area contributed by atoms with Crippen molar-refractivity contribution >= 4 is 21.8 Å². The van der Waals surface area contributed by atoms with Crippen molar-refractivity contribution in [1.82, 2.24) is 14.3 Å². The van der Waals surface area contributed by atoms with Crippen molar-refractivity contribution in [1.29, 1.82) is 0 Å². The molecule has 3 rings (SSSR count). The molecule has 2 aromatic rings. The Balaban J connectivity index is 1.65. The minimum absolute atomic E-state index is 0.0405. The second-order valence-electron chi connectivity index (χ2n) is 6.85. The summed E-state index contributed by atoms with van der Waals surface area (Å²) in [6, 6.07) is 9.56. The van der Waals surface area contributed by atoms with Crippen molar-refractivity contribution in [3.05, 3.63) is 47.2 Å². The molecule has 0 spiro atoms. The van der Waals surface area contributed by atoms with Crippen LogP contribution in [0.15, 0.2) is 30.3 Å². The van der Waals surface area contributed by atoms with E-state index >= 15 is 0 Å². The average Bonchev–Trinajstić information content (AvgIpc) is 2.63. The van der Waals surface area contributed by atoms with Crippen molar-refractivity contribution in [2.45, 2.75) is 26.5 Å². The van der Waals surface area contributed by atoms with Crippen molar-refractivity contribution in [3.63, 3.8) is 0 Å². The molecule has 0 radical (unpaired) electrons. The van der Waals surface area contributed by atoms with E-state index in [1.165, 1.54) is 0 Å². The Morgan fingerprint density at radius 2 is 1.70 bits per heavy atom. The first-order chi connectivity index (χ1) is 12.9. The predicted molar refractivity (Wildman–Crippen MR) is 109 cm³/mol. The molecule has 0 aliphatic carbocycles. The number of nitrogens with one attached hydrogen (secondary N) is 1. The zero-order valence-electron chi connectivity index (χ0n) is 16.1. The Morgan fingerprint density at radius 3 is 2.33 bits per heavy atom. The van der Waals surface area contributed by atoms with E-state index in [0.717, 1.165) is 29.2 Å². The molecule has 0 atom stereocenters. The fraction of sp³-hybridized carbons (Fsp3) is 0.474. The maximum absolute atomic E-state index is 12.7. The second kappa shape index (κ2) is 8.22. The third-order valence-electron chi connectivity index (χ3n) is 4.58. The number of piperazine rings is 1. The second-order valence-corrected chi connectivity index (χ2v) is 8.82. The quantitative estimate of drug-likeness (QED) is 0.816. The van der Waals surface area contributed by atoms with Crippen LogP contribution in [0.3, 0.4) is 0 Å². The van der Waals surface area contributed by atoms with E-state index in [9.17, 15) is 8.42 Å². The lowest BCUT2D eigenvalue weighted by Crippen LogP contribution is -2.49. The summed E-state index contributed by atoms with van der Waals surface area (Å²) in [4.78, 5) is 11.1. The lowest BCUT2D eigenvalue weighted by atomic mass is 10.2. The largest absolute Gasteiger partial charge is 0.370 e. The lowest BCUT2D eigenvalue weighted by molar-refractivity contribution is 0.382. The van der Waals surface area contributed by atoms with E-state index in [0.29, 0.717) is 32.1 Å². The molecule has 7 nitrogen and oxygen atoms in total. The molecule has 1 aromatic heterocycles. The number of hydrogen-bond donors (Lipinski definition) is 1. The van der Waals surface area contributed by atoms with Gasteiger partial charge in [-0.05, 0) is 26.3 Å². The van der Waals surface area contributed by atoms with Gasteiger partial charge in [0.15, 0.2) is 0 Å². The van der Waals surface area contributed by atoms with Gasteiger partial charge in [0.05, 0.1) is 5.75 Å². The van der Waals surface area contributed by atoms with Crippen LogP contribution in [0.25, 0.3) is 0 Å². The smallest absolute Gasteiger partial charge is 0.227 e. The van der Waals surface area contributed by atoms with Crippen LogP contribution in [0.5, 0.6) is 0 Å². The van der Waals surface area contributed by atoms with E-state index in [-0.39, 0.29) is 5.75 Å². The summed E-state index contributed by atoms with van der Waals surface area (Å²) < 4.78 is 27.1. The number of anilines is 2. The van der Waals surface area contributed by atoms with Crippen LogP contribution >= 0.6 is 0 Å². The van der Waals surface area contributed by atoms with Gasteiger partial charge in [0, 0.05) is 44.5 Å². The highest BCUT2D eigenvalue weighted by atomic mass is 32.2. The zero-order chi connectivity index (χ0) is 19.4. The third-order valence-corrected chi connectivity index (χ3v) is 6.43. The summed E-state index contributed by atoms with van der Waals surface area (Å²) in [5.41, 5.74) is 2.84. The average molecular weight is 390 g/mol. The summed E-state index contributed by atoms with van der Waals surface area (Å²) in [6.45, 7) is 8.81. The molecule has 0 bridgehead atoms. The highest BCUT2D eigenvalue weighted by molar-refractivity contribution is 7.88. The molecule has 146 valence electrons. The van der Waals surface area contributed by atoms with Crippen LogP contribution < -0.4 is 10.2 Å². The highest BCUT2D eigenvalue weighted by Gasteiger charge is 2.28. The summed E-state index contributed by atoms with van der Waals surface area (Å²) >= 11 is 0. The molecule has 1 N–H and O–H groups in total. The maximum atomic E-state index is 12.7. The first-order valence-corrected chi connectivity index (χ1v) is 10.9. The van der Waals surface area contributed by atoms with Crippen LogP contribution in [0.4, 0.5) is 11.8 Å². The predicted octanol–water partition coefficient (Wildman–Crippen LogP) is 2.18. The number of benzene rings is 1. The maximum Gasteiger partial charge on any atom is 0.227 e. The SMILES string of the molecule is CCNc1cc(C)nc(N2CCN(S(=O)(=O)Cc3ccc(C)cc3)CC2)n1. The fourth-order valence-electron chi connectivity index (χ4n) is 3.12. The van der Waals surface area contributed by atoms with Gasteiger partial charge < -0.3 is 10.2 Å². The van der Waals surface area contributed by atoms with Gasteiger partial charge in [0.1, 0.15) is 5.82 Å². The Hall–Kier alpha value is -2.19. The van der Waals surface area contributed by atoms with Crippen molar-refractivity contribution in [3.8, 4) is 0 Å². The topological polar surface area (TPSA) is 78.4 Å². The standard InChI is InChI=1S/C19H27N5O2S/c1-4-20-18-13-16(3)21-19(22-18)23-9-11-24(12-10-23)27(25,26)14-17-7-5-15(2)6-8-17/h5-8,13H,4,9-12,14H2,1-3H3,(H,20,21,22). The van der Waals surface area contributed by atoms with Crippen LogP contribution in [0.2, 0.25) is 0 Å². The van der Waals surface area contributed by atoms with E-state index in [4.69, 9.17) is 0 Å². The fourth-order valence-corrected chi connectivity index (χ4v) is 4.63. The first-order valence-electron chi connectivity index (χ1n) is 9.25. The molecular weight excluding hydrogens is 362 g/mol. The highest BCUT2D eigenvalue weighted by Crippen LogP contribution is 2.18. The molecular formula is C19H27N5O2S. The third kappa shape index (κ3) is 4.95. The number of nitrogens with zero attached hydrogens (tertiary/aromatic N) is 4. The zero-order valence-corrected chi connectivity index (χ0v) is 17.0. The van der Waals surface area contributed by atoms with Gasteiger partial charge in [-0.3, -0.25) is 0 Å². The lowest BCUT2D eigenvalue weighted by Gasteiger charge is -2.34. The molecule has 8 heteroatoms. The van der Waals surface area contributed by atoms with Crippen LogP contribution in [-0.2, 0) is 15.8 Å². The van der Waals surface area contributed by atoms with E-state index in [1.807, 2.05) is 56.0 Å². The van der Waals surface area contributed by atoms with Crippen molar-refractivity contribution in [2.24, 2.45) is 0 Å². The summed E-state index contributed by atoms with van der Waals surface area (Å²) in [5.74, 6) is 1.50. The van der Waals surface area contributed by atoms with Crippen LogP contribution in [0.1, 0.15) is 23.7 Å². The minimum Gasteiger partial charge on any atom is -0.370 e. The molecule has 0 saturated carbocycles. The van der Waals surface area contributed by atoms with Crippen LogP contribution in [-0.4, -0.2) is 55.4 Å². The molecule has 1 aromatic carbocycles. The van der Waals surface area contributed by atoms with Gasteiger partial charge in [-0.1, -0.05) is 29.8 Å². The van der Waals surface area contributed by atoms with Gasteiger partial charge in [-0.2, -0.15) is 9.29 Å². The van der Waals surface area contributed by atoms with Gasteiger partial charge in [-0.15, -0.1) is 0 Å². The number of aryl methyl sites for hydroxylation is 2. The molecule has 1 saturated heterocycles. The molecule has 1 aliphatic rings. The molecule has 1 fully saturated rings. The number of aromatic nitrogens is 2. The summed E-state index contributed by atoms with van der Waals surface area (Å²) in [7, 11) is -3.33. The van der Waals surface area contributed by atoms with Gasteiger partial charge in [-0.25, -0.2) is 13.4 Å². The number of hydrogen-bond acceptors (Lipinski definition) is 6. The first kappa shape index (κ1) is 19.6. The van der Waals surface area contributed by atoms with Crippen molar-refractivity contribution in [2.75, 3.05) is 42.9 Å². The molecule has 0 amide bonds.